The number of hydrogen-bond acceptors (Lipinski definition) is 4. The molecule has 238 valence electrons. The minimum absolute atomic E-state index is 0.129. The Hall–Kier alpha value is -5.84. The van der Waals surface area contributed by atoms with Crippen molar-refractivity contribution in [3.63, 3.8) is 0 Å². The Morgan fingerprint density at radius 3 is 1.68 bits per heavy atom. The lowest BCUT2D eigenvalue weighted by atomic mass is 9.77. The molecule has 3 nitrogen and oxygen atoms in total. The van der Waals surface area contributed by atoms with E-state index in [1.165, 1.54) is 32.0 Å². The normalized spacial score (nSPS) is 13.1. The van der Waals surface area contributed by atoms with Crippen molar-refractivity contribution in [3.8, 4) is 56.4 Å². The third kappa shape index (κ3) is 5.20. The van der Waals surface area contributed by atoms with Crippen LogP contribution in [0.25, 0.3) is 67.2 Å². The number of aromatic nitrogens is 3. The van der Waals surface area contributed by atoms with Crippen LogP contribution in [-0.2, 0) is 5.41 Å². The molecule has 4 heteroatoms. The molecule has 8 aromatic rings. The van der Waals surface area contributed by atoms with Crippen molar-refractivity contribution in [2.45, 2.75) is 29.1 Å². The maximum absolute atomic E-state index is 5.26. The van der Waals surface area contributed by atoms with Gasteiger partial charge in [-0.15, -0.1) is 0 Å². The lowest BCUT2D eigenvalue weighted by Gasteiger charge is -2.35. The predicted octanol–water partition coefficient (Wildman–Crippen LogP) is 12.2. The molecule has 0 radical (unpaired) electrons. The average molecular weight is 660 g/mol. The molecule has 1 aliphatic heterocycles. The Morgan fingerprint density at radius 2 is 0.920 bits per heavy atom. The predicted molar refractivity (Wildman–Crippen MR) is 207 cm³/mol. The van der Waals surface area contributed by atoms with E-state index in [0.717, 1.165) is 38.6 Å². The number of nitrogens with zero attached hydrogens (tertiary/aromatic N) is 3. The van der Waals surface area contributed by atoms with Crippen LogP contribution in [0.3, 0.4) is 0 Å². The molecule has 0 saturated carbocycles. The van der Waals surface area contributed by atoms with Gasteiger partial charge in [0.05, 0.1) is 0 Å². The van der Waals surface area contributed by atoms with Gasteiger partial charge in [-0.3, -0.25) is 0 Å². The first kappa shape index (κ1) is 30.2. The van der Waals surface area contributed by atoms with Crippen LogP contribution in [0.5, 0.6) is 0 Å². The van der Waals surface area contributed by atoms with Gasteiger partial charge in [0, 0.05) is 31.9 Å². The smallest absolute Gasteiger partial charge is 0.164 e. The van der Waals surface area contributed by atoms with Gasteiger partial charge in [-0.05, 0) is 68.4 Å². The van der Waals surface area contributed by atoms with Crippen LogP contribution in [0.1, 0.15) is 25.0 Å². The summed E-state index contributed by atoms with van der Waals surface area (Å²) in [7, 11) is 0. The van der Waals surface area contributed by atoms with E-state index < -0.39 is 0 Å². The Balaban J connectivity index is 1.22. The zero-order valence-electron chi connectivity index (χ0n) is 27.8. The first-order valence-electron chi connectivity index (χ1n) is 17.0. The van der Waals surface area contributed by atoms with Crippen LogP contribution >= 0.6 is 11.8 Å². The van der Waals surface area contributed by atoms with Crippen LogP contribution in [-0.4, -0.2) is 15.0 Å². The van der Waals surface area contributed by atoms with Crippen molar-refractivity contribution in [1.82, 2.24) is 15.0 Å². The van der Waals surface area contributed by atoms with Gasteiger partial charge in [0.1, 0.15) is 0 Å². The van der Waals surface area contributed by atoms with Gasteiger partial charge < -0.3 is 0 Å². The van der Waals surface area contributed by atoms with Crippen LogP contribution < -0.4 is 0 Å². The molecule has 0 unspecified atom stereocenters. The summed E-state index contributed by atoms with van der Waals surface area (Å²) in [5, 5.41) is 2.27. The van der Waals surface area contributed by atoms with Crippen LogP contribution in [0.2, 0.25) is 0 Å². The second-order valence-corrected chi connectivity index (χ2v) is 14.3. The van der Waals surface area contributed by atoms with Crippen molar-refractivity contribution in [3.05, 3.63) is 175 Å². The van der Waals surface area contributed by atoms with Crippen molar-refractivity contribution in [1.29, 1.82) is 0 Å². The highest BCUT2D eigenvalue weighted by Gasteiger charge is 2.33. The third-order valence-corrected chi connectivity index (χ3v) is 11.0. The maximum Gasteiger partial charge on any atom is 0.164 e. The molecule has 0 atom stereocenters. The minimum atomic E-state index is -0.129. The van der Waals surface area contributed by atoms with E-state index in [2.05, 4.69) is 159 Å². The van der Waals surface area contributed by atoms with E-state index in [-0.39, 0.29) is 5.41 Å². The highest BCUT2D eigenvalue weighted by molar-refractivity contribution is 7.99. The molecule has 0 fully saturated rings. The summed E-state index contributed by atoms with van der Waals surface area (Å²) in [6.45, 7) is 4.66. The van der Waals surface area contributed by atoms with Crippen molar-refractivity contribution in [2.75, 3.05) is 0 Å². The fourth-order valence-corrected chi connectivity index (χ4v) is 8.61. The van der Waals surface area contributed by atoms with Gasteiger partial charge in [0.2, 0.25) is 0 Å². The molecule has 7 aromatic carbocycles. The third-order valence-electron chi connectivity index (χ3n) is 9.83. The molecule has 1 aromatic heterocycles. The molecule has 0 N–H and O–H groups in total. The second kappa shape index (κ2) is 12.2. The van der Waals surface area contributed by atoms with E-state index in [1.807, 2.05) is 30.0 Å². The summed E-state index contributed by atoms with van der Waals surface area (Å²) in [6.07, 6.45) is 0. The molecule has 0 aliphatic carbocycles. The molecule has 0 amide bonds. The van der Waals surface area contributed by atoms with Crippen LogP contribution in [0.4, 0.5) is 0 Å². The lowest BCUT2D eigenvalue weighted by molar-refractivity contribution is 0.607. The van der Waals surface area contributed by atoms with Gasteiger partial charge in [0.15, 0.2) is 17.5 Å². The van der Waals surface area contributed by atoms with Crippen molar-refractivity contribution >= 4 is 22.5 Å². The topological polar surface area (TPSA) is 38.7 Å². The molecule has 9 rings (SSSR count). The average Bonchev–Trinajstić information content (AvgIpc) is 3.18. The zero-order valence-corrected chi connectivity index (χ0v) is 28.7. The van der Waals surface area contributed by atoms with Gasteiger partial charge in [0.25, 0.3) is 0 Å². The second-order valence-electron chi connectivity index (χ2n) is 13.2. The SMILES string of the molecule is CC1(C)c2ccccc2Sc2ccc(-c3ccccc3-c3nc(-c4ccccc4)nc(-c4ccc(-c5ccccc5)c5ccccc45)n3)cc21. The minimum Gasteiger partial charge on any atom is -0.208 e. The Morgan fingerprint density at radius 1 is 0.380 bits per heavy atom. The van der Waals surface area contributed by atoms with E-state index in [9.17, 15) is 0 Å². The molecular formula is C46H33N3S. The lowest BCUT2D eigenvalue weighted by Crippen LogP contribution is -2.23. The highest BCUT2D eigenvalue weighted by Crippen LogP contribution is 2.50. The largest absolute Gasteiger partial charge is 0.208 e. The first-order valence-corrected chi connectivity index (χ1v) is 17.8. The van der Waals surface area contributed by atoms with Gasteiger partial charge >= 0.3 is 0 Å². The van der Waals surface area contributed by atoms with Gasteiger partial charge in [-0.2, -0.15) is 0 Å². The fraction of sp³-hybridized carbons (Fsp3) is 0.0652. The highest BCUT2D eigenvalue weighted by atomic mass is 32.2. The molecule has 1 aliphatic rings. The van der Waals surface area contributed by atoms with E-state index in [1.54, 1.807) is 0 Å². The first-order chi connectivity index (χ1) is 24.5. The summed E-state index contributed by atoms with van der Waals surface area (Å²) >= 11 is 1.86. The molecule has 0 saturated heterocycles. The van der Waals surface area contributed by atoms with Gasteiger partial charge in [-0.25, -0.2) is 15.0 Å². The van der Waals surface area contributed by atoms with E-state index in [4.69, 9.17) is 15.0 Å². The zero-order chi connectivity index (χ0) is 33.7. The quantitative estimate of drug-likeness (QED) is 0.184. The number of hydrogen-bond donors (Lipinski definition) is 0. The number of benzene rings is 7. The summed E-state index contributed by atoms with van der Waals surface area (Å²) in [5.74, 6) is 1.95. The van der Waals surface area contributed by atoms with Crippen molar-refractivity contribution < 1.29 is 0 Å². The number of fused-ring (bicyclic) bond motifs is 3. The van der Waals surface area contributed by atoms with Gasteiger partial charge in [-0.1, -0.05) is 165 Å². The van der Waals surface area contributed by atoms with E-state index in [0.29, 0.717) is 17.5 Å². The monoisotopic (exact) mass is 659 g/mol. The summed E-state index contributed by atoms with van der Waals surface area (Å²) in [4.78, 5) is 18.2. The van der Waals surface area contributed by atoms with Crippen LogP contribution in [0, 0.1) is 0 Å². The van der Waals surface area contributed by atoms with E-state index >= 15 is 0 Å². The number of rotatable bonds is 5. The fourth-order valence-electron chi connectivity index (χ4n) is 7.24. The maximum atomic E-state index is 5.26. The Labute approximate surface area is 296 Å². The molecular weight excluding hydrogens is 627 g/mol. The summed E-state index contributed by atoms with van der Waals surface area (Å²) in [5.41, 5.74) is 10.1. The molecule has 0 spiro atoms. The summed E-state index contributed by atoms with van der Waals surface area (Å²) < 4.78 is 0. The Kier molecular flexibility index (Phi) is 7.40. The standard InChI is InChI=1S/C46H33N3S/c1-46(2)39-23-13-14-24-41(39)50-42-28-25-32(29-40(42)46)33-19-9-12-22-37(33)44-47-43(31-17-7-4-8-18-31)48-45(49-44)38-27-26-34(30-15-5-3-6-16-30)35-20-10-11-21-36(35)38/h3-29H,1-2H3. The Bertz CT molecular complexity index is 2540. The molecule has 50 heavy (non-hydrogen) atoms. The molecule has 0 bridgehead atoms. The van der Waals surface area contributed by atoms with Crippen LogP contribution in [0.15, 0.2) is 174 Å². The summed E-state index contributed by atoms with van der Waals surface area (Å²) in [6, 6.07) is 57.8. The molecule has 2 heterocycles. The van der Waals surface area contributed by atoms with Crippen molar-refractivity contribution in [2.24, 2.45) is 0 Å².